The van der Waals surface area contributed by atoms with Crippen molar-refractivity contribution >= 4 is 12.0 Å². The van der Waals surface area contributed by atoms with Crippen LogP contribution < -0.4 is 5.11 Å². The van der Waals surface area contributed by atoms with Crippen molar-refractivity contribution in [2.45, 2.75) is 0 Å². The highest BCUT2D eigenvalue weighted by Crippen LogP contribution is 2.16. The first-order chi connectivity index (χ1) is 8.00. The molecule has 0 aliphatic rings. The molecule has 0 amide bonds. The minimum Gasteiger partial charge on any atom is -0.542 e. The third kappa shape index (κ3) is 4.02. The number of carbonyl (C=O) groups is 1. The van der Waals surface area contributed by atoms with E-state index in [0.717, 1.165) is 6.08 Å². The number of carboxylic acids is 1. The van der Waals surface area contributed by atoms with Gasteiger partial charge in [-0.05, 0) is 11.6 Å². The normalized spacial score (nSPS) is 10.9. The van der Waals surface area contributed by atoms with Crippen LogP contribution in [0.25, 0.3) is 6.08 Å². The highest BCUT2D eigenvalue weighted by Gasteiger charge is 2.10. The SMILES string of the molecule is O=C([O-])C(=Cc1ccccc1)OC(F)=C(F)F. The summed E-state index contributed by atoms with van der Waals surface area (Å²) >= 11 is 0. The fourth-order valence-corrected chi connectivity index (χ4v) is 0.966. The Morgan fingerprint density at radius 3 is 2.24 bits per heavy atom. The second kappa shape index (κ2) is 5.74. The van der Waals surface area contributed by atoms with Crippen molar-refractivity contribution in [3.8, 4) is 0 Å². The number of rotatable bonds is 4. The van der Waals surface area contributed by atoms with Crippen LogP contribution in [0.1, 0.15) is 5.56 Å². The largest absolute Gasteiger partial charge is 0.542 e. The summed E-state index contributed by atoms with van der Waals surface area (Å²) in [6.45, 7) is 0. The summed E-state index contributed by atoms with van der Waals surface area (Å²) < 4.78 is 39.7. The van der Waals surface area contributed by atoms with Crippen LogP contribution in [0, 0.1) is 0 Å². The molecule has 90 valence electrons. The van der Waals surface area contributed by atoms with Crippen LogP contribution in [0.2, 0.25) is 0 Å². The summed E-state index contributed by atoms with van der Waals surface area (Å²) in [6, 6.07) is 5.54. The Morgan fingerprint density at radius 1 is 1.18 bits per heavy atom. The first-order valence-corrected chi connectivity index (χ1v) is 4.37. The first-order valence-electron chi connectivity index (χ1n) is 4.37. The average molecular weight is 243 g/mol. The summed E-state index contributed by atoms with van der Waals surface area (Å²) in [4.78, 5) is 10.5. The predicted octanol–water partition coefficient (Wildman–Crippen LogP) is 1.83. The smallest absolute Gasteiger partial charge is 0.344 e. The van der Waals surface area contributed by atoms with Gasteiger partial charge < -0.3 is 14.6 Å². The topological polar surface area (TPSA) is 49.4 Å². The number of benzene rings is 1. The van der Waals surface area contributed by atoms with Crippen molar-refractivity contribution in [1.29, 1.82) is 0 Å². The Bertz CT molecular complexity index is 462. The minimum atomic E-state index is -2.75. The molecule has 0 saturated carbocycles. The average Bonchev–Trinajstić information content (AvgIpc) is 2.29. The van der Waals surface area contributed by atoms with Crippen molar-refractivity contribution in [1.82, 2.24) is 0 Å². The molecule has 1 rings (SSSR count). The summed E-state index contributed by atoms with van der Waals surface area (Å²) in [5.41, 5.74) is 0.346. The lowest BCUT2D eigenvalue weighted by atomic mass is 10.2. The summed E-state index contributed by atoms with van der Waals surface area (Å²) in [5, 5.41) is 10.5. The molecule has 0 atom stereocenters. The zero-order valence-corrected chi connectivity index (χ0v) is 8.32. The Hall–Kier alpha value is -2.24. The molecule has 0 heterocycles. The van der Waals surface area contributed by atoms with Gasteiger partial charge in [0.2, 0.25) is 0 Å². The van der Waals surface area contributed by atoms with Gasteiger partial charge in [0, 0.05) is 0 Å². The minimum absolute atomic E-state index is 0.346. The number of carboxylic acid groups (broad SMARTS) is 1. The number of hydrogen-bond acceptors (Lipinski definition) is 3. The van der Waals surface area contributed by atoms with Crippen LogP contribution in [0.3, 0.4) is 0 Å². The fraction of sp³-hybridized carbons (Fsp3) is 0. The maximum Gasteiger partial charge on any atom is 0.344 e. The molecule has 17 heavy (non-hydrogen) atoms. The van der Waals surface area contributed by atoms with E-state index in [1.54, 1.807) is 18.2 Å². The van der Waals surface area contributed by atoms with Gasteiger partial charge in [0.15, 0.2) is 5.76 Å². The van der Waals surface area contributed by atoms with Gasteiger partial charge >= 0.3 is 12.1 Å². The van der Waals surface area contributed by atoms with E-state index < -0.39 is 23.8 Å². The Balaban J connectivity index is 2.99. The van der Waals surface area contributed by atoms with Crippen LogP contribution >= 0.6 is 0 Å². The van der Waals surface area contributed by atoms with E-state index in [-0.39, 0.29) is 0 Å². The Morgan fingerprint density at radius 2 is 1.76 bits per heavy atom. The van der Waals surface area contributed by atoms with Gasteiger partial charge in [-0.2, -0.15) is 13.2 Å². The molecule has 3 nitrogen and oxygen atoms in total. The lowest BCUT2D eigenvalue weighted by Gasteiger charge is -2.08. The van der Waals surface area contributed by atoms with Crippen LogP contribution in [0.15, 0.2) is 48.2 Å². The standard InChI is InChI=1S/C11H7F3O3/c12-9(13)10(14)17-8(11(15)16)6-7-4-2-1-3-5-7/h1-6H,(H,15,16)/p-1. The zero-order chi connectivity index (χ0) is 12.8. The Kier molecular flexibility index (Phi) is 4.33. The first kappa shape index (κ1) is 12.8. The molecule has 0 bridgehead atoms. The molecule has 6 heteroatoms. The highest BCUT2D eigenvalue weighted by molar-refractivity contribution is 5.88. The maximum absolute atomic E-state index is 12.4. The molecule has 0 radical (unpaired) electrons. The molecule has 0 spiro atoms. The second-order valence-electron chi connectivity index (χ2n) is 2.84. The Labute approximate surface area is 94.4 Å². The molecule has 0 aliphatic heterocycles. The van der Waals surface area contributed by atoms with Crippen molar-refractivity contribution in [2.24, 2.45) is 0 Å². The van der Waals surface area contributed by atoms with Crippen molar-refractivity contribution in [2.75, 3.05) is 0 Å². The molecule has 0 unspecified atom stereocenters. The van der Waals surface area contributed by atoms with E-state index in [1.165, 1.54) is 12.1 Å². The summed E-state index contributed by atoms with van der Waals surface area (Å²) in [6.07, 6.45) is -1.87. The lowest BCUT2D eigenvalue weighted by molar-refractivity contribution is -0.302. The van der Waals surface area contributed by atoms with E-state index in [9.17, 15) is 23.1 Å². The number of ether oxygens (including phenoxy) is 1. The fourth-order valence-electron chi connectivity index (χ4n) is 0.966. The zero-order valence-electron chi connectivity index (χ0n) is 8.32. The van der Waals surface area contributed by atoms with E-state index in [1.807, 2.05) is 0 Å². The number of carbonyl (C=O) groups excluding carboxylic acids is 1. The molecule has 0 N–H and O–H groups in total. The molecule has 1 aromatic rings. The monoisotopic (exact) mass is 243 g/mol. The van der Waals surface area contributed by atoms with Crippen LogP contribution in [-0.2, 0) is 9.53 Å². The van der Waals surface area contributed by atoms with Crippen LogP contribution in [0.4, 0.5) is 13.2 Å². The van der Waals surface area contributed by atoms with E-state index in [4.69, 9.17) is 0 Å². The lowest BCUT2D eigenvalue weighted by Crippen LogP contribution is -2.25. The highest BCUT2D eigenvalue weighted by atomic mass is 19.3. The van der Waals surface area contributed by atoms with Crippen LogP contribution in [-0.4, -0.2) is 5.97 Å². The third-order valence-corrected chi connectivity index (χ3v) is 1.65. The van der Waals surface area contributed by atoms with Crippen molar-refractivity contribution in [3.63, 3.8) is 0 Å². The number of aliphatic carboxylic acids is 1. The molecular weight excluding hydrogens is 237 g/mol. The van der Waals surface area contributed by atoms with Gasteiger partial charge in [-0.15, -0.1) is 0 Å². The van der Waals surface area contributed by atoms with E-state index in [0.29, 0.717) is 5.56 Å². The maximum atomic E-state index is 12.4. The molecular formula is C11H6F3O3-. The van der Waals surface area contributed by atoms with E-state index >= 15 is 0 Å². The van der Waals surface area contributed by atoms with Gasteiger partial charge in [0.1, 0.15) is 5.97 Å². The second-order valence-corrected chi connectivity index (χ2v) is 2.84. The third-order valence-electron chi connectivity index (χ3n) is 1.65. The molecule has 0 fully saturated rings. The van der Waals surface area contributed by atoms with Crippen LogP contribution in [0.5, 0.6) is 0 Å². The molecule has 1 aromatic carbocycles. The molecule has 0 aromatic heterocycles. The summed E-state index contributed by atoms with van der Waals surface area (Å²) in [5.74, 6) is -2.94. The van der Waals surface area contributed by atoms with Gasteiger partial charge in [-0.3, -0.25) is 0 Å². The molecule has 0 saturated heterocycles. The van der Waals surface area contributed by atoms with Gasteiger partial charge in [-0.25, -0.2) is 0 Å². The number of hydrogen-bond donors (Lipinski definition) is 0. The predicted molar refractivity (Wildman–Crippen MR) is 50.9 cm³/mol. The van der Waals surface area contributed by atoms with Gasteiger partial charge in [-0.1, -0.05) is 30.3 Å². The summed E-state index contributed by atoms with van der Waals surface area (Å²) in [7, 11) is 0. The molecule has 0 aliphatic carbocycles. The van der Waals surface area contributed by atoms with Crippen molar-refractivity contribution < 1.29 is 27.8 Å². The quantitative estimate of drug-likeness (QED) is 0.598. The van der Waals surface area contributed by atoms with Crippen molar-refractivity contribution in [3.05, 3.63) is 53.7 Å². The number of halogens is 3. The van der Waals surface area contributed by atoms with E-state index in [2.05, 4.69) is 4.74 Å². The van der Waals surface area contributed by atoms with Gasteiger partial charge in [0.05, 0.1) is 0 Å². The van der Waals surface area contributed by atoms with Gasteiger partial charge in [0.25, 0.3) is 0 Å².